The second-order valence-electron chi connectivity index (χ2n) is 6.23. The fraction of sp³-hybridized carbons (Fsp3) is 0.316. The number of benzene rings is 2. The molecule has 0 saturated carbocycles. The van der Waals surface area contributed by atoms with E-state index in [0.717, 1.165) is 0 Å². The van der Waals surface area contributed by atoms with Crippen molar-refractivity contribution < 1.29 is 26.8 Å². The van der Waals surface area contributed by atoms with Crippen molar-refractivity contribution in [2.75, 3.05) is 23.3 Å². The predicted molar refractivity (Wildman–Crippen MR) is 118 cm³/mol. The van der Waals surface area contributed by atoms with Crippen molar-refractivity contribution in [2.24, 2.45) is 0 Å². The van der Waals surface area contributed by atoms with Crippen LogP contribution in [0.3, 0.4) is 0 Å². The van der Waals surface area contributed by atoms with E-state index in [4.69, 9.17) is 20.6 Å². The Kier molecular flexibility index (Phi) is 8.46. The first-order chi connectivity index (χ1) is 14.1. The van der Waals surface area contributed by atoms with Gasteiger partial charge in [-0.3, -0.25) is 14.1 Å². The van der Waals surface area contributed by atoms with Gasteiger partial charge in [0, 0.05) is 12.6 Å². The lowest BCUT2D eigenvalue weighted by Crippen LogP contribution is -2.13. The molecular formula is C19H24ClN2O6PS. The highest BCUT2D eigenvalue weighted by Gasteiger charge is 2.24. The maximum absolute atomic E-state index is 12.6. The molecule has 2 aromatic carbocycles. The van der Waals surface area contributed by atoms with Crippen LogP contribution in [0.4, 0.5) is 11.4 Å². The number of anilines is 2. The quantitative estimate of drug-likeness (QED) is 0.475. The zero-order valence-corrected chi connectivity index (χ0v) is 19.3. The van der Waals surface area contributed by atoms with Crippen molar-refractivity contribution in [3.63, 3.8) is 0 Å². The maximum Gasteiger partial charge on any atom is 0.335 e. The molecule has 0 unspecified atom stereocenters. The number of hydrogen-bond donors (Lipinski definition) is 2. The van der Waals surface area contributed by atoms with Crippen molar-refractivity contribution in [2.45, 2.75) is 31.8 Å². The number of hydrogen-bond acceptors (Lipinski definition) is 6. The monoisotopic (exact) mass is 474 g/mol. The van der Waals surface area contributed by atoms with E-state index in [2.05, 4.69) is 10.0 Å². The van der Waals surface area contributed by atoms with Gasteiger partial charge in [0.25, 0.3) is 10.0 Å². The molecule has 0 radical (unpaired) electrons. The van der Waals surface area contributed by atoms with Crippen LogP contribution < -0.4 is 10.0 Å². The third kappa shape index (κ3) is 6.82. The molecule has 0 aliphatic rings. The third-order valence-corrected chi connectivity index (χ3v) is 7.54. The summed E-state index contributed by atoms with van der Waals surface area (Å²) >= 11 is 6.06. The van der Waals surface area contributed by atoms with Crippen molar-refractivity contribution >= 4 is 46.5 Å². The molecule has 11 heteroatoms. The molecule has 2 rings (SSSR count). The second-order valence-corrected chi connectivity index (χ2v) is 10.4. The maximum atomic E-state index is 12.6. The Balaban J connectivity index is 2.15. The summed E-state index contributed by atoms with van der Waals surface area (Å²) in [6.45, 7) is 5.32. The van der Waals surface area contributed by atoms with Gasteiger partial charge in [0.2, 0.25) is 5.91 Å². The van der Waals surface area contributed by atoms with Gasteiger partial charge in [-0.05, 0) is 49.7 Å². The number of carbonyl (C=O) groups is 1. The van der Waals surface area contributed by atoms with E-state index in [0.29, 0.717) is 16.9 Å². The van der Waals surface area contributed by atoms with Gasteiger partial charge in [-0.2, -0.15) is 0 Å². The lowest BCUT2D eigenvalue weighted by Gasteiger charge is -2.17. The standard InChI is InChI=1S/C19H24ClN2O6PS/c1-4-27-29(24,28-5-2)13-15-6-8-16(9-7-15)22-30(25,26)17-10-11-19(18(20)12-17)21-14(3)23/h6-12,22H,4-5,13H2,1-3H3,(H,21,23). The fourth-order valence-electron chi connectivity index (χ4n) is 2.59. The van der Waals surface area contributed by atoms with Gasteiger partial charge in [0.15, 0.2) is 0 Å². The number of amides is 1. The van der Waals surface area contributed by atoms with Crippen LogP contribution in [0.25, 0.3) is 0 Å². The molecule has 0 heterocycles. The summed E-state index contributed by atoms with van der Waals surface area (Å²) in [5, 5.41) is 2.62. The van der Waals surface area contributed by atoms with E-state index in [1.54, 1.807) is 38.1 Å². The molecule has 1 amide bonds. The molecule has 0 aromatic heterocycles. The molecule has 0 fully saturated rings. The normalized spacial score (nSPS) is 11.9. The molecule has 30 heavy (non-hydrogen) atoms. The smallest absolute Gasteiger partial charge is 0.325 e. The molecule has 2 N–H and O–H groups in total. The Bertz CT molecular complexity index is 1030. The van der Waals surface area contributed by atoms with E-state index in [1.807, 2.05) is 0 Å². The largest absolute Gasteiger partial charge is 0.335 e. The lowest BCUT2D eigenvalue weighted by molar-refractivity contribution is -0.114. The number of rotatable bonds is 10. The molecule has 0 saturated heterocycles. The number of halogens is 1. The van der Waals surface area contributed by atoms with Gasteiger partial charge in [0.1, 0.15) is 0 Å². The topological polar surface area (TPSA) is 111 Å². The highest BCUT2D eigenvalue weighted by molar-refractivity contribution is 7.92. The Labute approximate surface area is 181 Å². The molecule has 0 aliphatic carbocycles. The van der Waals surface area contributed by atoms with Crippen LogP contribution in [0.1, 0.15) is 26.3 Å². The highest BCUT2D eigenvalue weighted by atomic mass is 35.5. The van der Waals surface area contributed by atoms with Crippen molar-refractivity contribution in [1.29, 1.82) is 0 Å². The van der Waals surface area contributed by atoms with E-state index < -0.39 is 17.6 Å². The van der Waals surface area contributed by atoms with Crippen LogP contribution >= 0.6 is 19.2 Å². The van der Waals surface area contributed by atoms with E-state index in [9.17, 15) is 17.8 Å². The molecule has 0 atom stereocenters. The Morgan fingerprint density at radius 2 is 1.67 bits per heavy atom. The summed E-state index contributed by atoms with van der Waals surface area (Å²) in [5.41, 5.74) is 1.33. The fourth-order valence-corrected chi connectivity index (χ4v) is 5.67. The van der Waals surface area contributed by atoms with Crippen LogP contribution in [-0.4, -0.2) is 27.5 Å². The minimum atomic E-state index is -3.90. The van der Waals surface area contributed by atoms with Gasteiger partial charge in [-0.1, -0.05) is 23.7 Å². The summed E-state index contributed by atoms with van der Waals surface area (Å²) in [4.78, 5) is 11.1. The predicted octanol–water partition coefficient (Wildman–Crippen LogP) is 4.87. The van der Waals surface area contributed by atoms with Crippen molar-refractivity contribution in [1.82, 2.24) is 0 Å². The van der Waals surface area contributed by atoms with Crippen LogP contribution in [0.15, 0.2) is 47.4 Å². The average Bonchev–Trinajstić information content (AvgIpc) is 2.64. The number of sulfonamides is 1. The minimum absolute atomic E-state index is 0.0529. The van der Waals surface area contributed by atoms with Crippen LogP contribution in [0.2, 0.25) is 5.02 Å². The van der Waals surface area contributed by atoms with Gasteiger partial charge in [-0.25, -0.2) is 8.42 Å². The van der Waals surface area contributed by atoms with E-state index in [1.165, 1.54) is 25.1 Å². The zero-order chi connectivity index (χ0) is 22.4. The molecule has 0 spiro atoms. The summed E-state index contributed by atoms with van der Waals surface area (Å²) in [5.74, 6) is -0.316. The molecule has 0 aliphatic heterocycles. The molecule has 164 valence electrons. The average molecular weight is 475 g/mol. The Hall–Kier alpha value is -1.90. The van der Waals surface area contributed by atoms with Gasteiger partial charge < -0.3 is 14.4 Å². The molecule has 0 bridgehead atoms. The van der Waals surface area contributed by atoms with Crippen molar-refractivity contribution in [3.8, 4) is 0 Å². The lowest BCUT2D eigenvalue weighted by atomic mass is 10.2. The van der Waals surface area contributed by atoms with Gasteiger partial charge in [0.05, 0.1) is 35.0 Å². The molecular weight excluding hydrogens is 451 g/mol. The minimum Gasteiger partial charge on any atom is -0.325 e. The molecule has 8 nitrogen and oxygen atoms in total. The van der Waals surface area contributed by atoms with E-state index >= 15 is 0 Å². The van der Waals surface area contributed by atoms with Crippen LogP contribution in [0, 0.1) is 0 Å². The first kappa shape index (κ1) is 24.4. The first-order valence-corrected chi connectivity index (χ1v) is 12.7. The van der Waals surface area contributed by atoms with E-state index in [-0.39, 0.29) is 35.2 Å². The summed E-state index contributed by atoms with van der Waals surface area (Å²) in [6.07, 6.45) is 0.0852. The van der Waals surface area contributed by atoms with Crippen molar-refractivity contribution in [3.05, 3.63) is 53.1 Å². The Morgan fingerprint density at radius 3 is 2.17 bits per heavy atom. The van der Waals surface area contributed by atoms with Crippen LogP contribution in [-0.2, 0) is 34.6 Å². The second kappa shape index (κ2) is 10.4. The number of nitrogens with one attached hydrogen (secondary N) is 2. The highest BCUT2D eigenvalue weighted by Crippen LogP contribution is 2.51. The van der Waals surface area contributed by atoms with Crippen LogP contribution in [0.5, 0.6) is 0 Å². The SMILES string of the molecule is CCOP(=O)(Cc1ccc(NS(=O)(=O)c2ccc(NC(C)=O)c(Cl)c2)cc1)OCC. The van der Waals surface area contributed by atoms with Gasteiger partial charge in [-0.15, -0.1) is 0 Å². The third-order valence-electron chi connectivity index (χ3n) is 3.80. The number of carbonyl (C=O) groups excluding carboxylic acids is 1. The summed E-state index contributed by atoms with van der Waals surface area (Å²) < 4.78 is 50.9. The first-order valence-electron chi connectivity index (χ1n) is 9.15. The summed E-state index contributed by atoms with van der Waals surface area (Å²) in [7, 11) is -7.15. The van der Waals surface area contributed by atoms with Gasteiger partial charge >= 0.3 is 7.60 Å². The Morgan fingerprint density at radius 1 is 1.07 bits per heavy atom. The zero-order valence-electron chi connectivity index (χ0n) is 16.8. The summed E-state index contributed by atoms with van der Waals surface area (Å²) in [6, 6.07) is 10.4. The molecule has 2 aromatic rings.